The van der Waals surface area contributed by atoms with E-state index in [1.165, 1.54) is 43.1 Å². The lowest BCUT2D eigenvalue weighted by Crippen LogP contribution is -2.02. The molecule has 0 fully saturated rings. The predicted octanol–water partition coefficient (Wildman–Crippen LogP) is 25.4. The highest BCUT2D eigenvalue weighted by Gasteiger charge is 2.26. The van der Waals surface area contributed by atoms with Crippen molar-refractivity contribution in [2.45, 2.75) is 0 Å². The van der Waals surface area contributed by atoms with Gasteiger partial charge in [-0.05, 0) is 137 Å². The quantitative estimate of drug-likeness (QED) is 0.114. The summed E-state index contributed by atoms with van der Waals surface area (Å²) in [6, 6.07) is 138. The largest absolute Gasteiger partial charge is 0.309 e. The number of hydrogen-bond acceptors (Lipinski definition) is 6. The Morgan fingerprint density at radius 2 is 0.420 bits per heavy atom. The van der Waals surface area contributed by atoms with Gasteiger partial charge in [0.25, 0.3) is 0 Å². The van der Waals surface area contributed by atoms with Gasteiger partial charge in [-0.25, -0.2) is 29.9 Å². The number of rotatable bonds is 13. The topological polar surface area (TPSA) is 97.1 Å². The zero-order valence-electron chi connectivity index (χ0n) is 60.4. The van der Waals surface area contributed by atoms with Crippen molar-refractivity contribution in [3.05, 3.63) is 388 Å². The molecule has 112 heavy (non-hydrogen) atoms. The van der Waals surface area contributed by atoms with Crippen LogP contribution in [0.3, 0.4) is 0 Å². The average Bonchev–Trinajstić information content (AvgIpc) is 1.55. The molecule has 0 spiro atoms. The molecule has 6 aromatic heterocycles. The molecular formula is C102H64N10. The zero-order chi connectivity index (χ0) is 73.7. The van der Waals surface area contributed by atoms with Gasteiger partial charge in [-0.2, -0.15) is 0 Å². The fourth-order valence-corrected chi connectivity index (χ4v) is 17.0. The van der Waals surface area contributed by atoms with Crippen LogP contribution >= 0.6 is 0 Å². The lowest BCUT2D eigenvalue weighted by Gasteiger charge is -2.16. The molecule has 0 aliphatic carbocycles. The van der Waals surface area contributed by atoms with E-state index in [1.807, 2.05) is 54.6 Å². The Balaban J connectivity index is 0.664. The third-order valence-corrected chi connectivity index (χ3v) is 22.1. The molecule has 16 aromatic carbocycles. The summed E-state index contributed by atoms with van der Waals surface area (Å²) < 4.78 is 9.62. The Bertz CT molecular complexity index is 7380. The molecule has 0 saturated carbocycles. The van der Waals surface area contributed by atoms with E-state index in [-0.39, 0.29) is 0 Å². The molecule has 522 valence electrons. The Hall–Kier alpha value is -15.3. The number of benzene rings is 16. The van der Waals surface area contributed by atoms with E-state index in [4.69, 9.17) is 29.9 Å². The number of hydrogen-bond donors (Lipinski definition) is 0. The van der Waals surface area contributed by atoms with Crippen LogP contribution in [0.25, 0.3) is 212 Å². The van der Waals surface area contributed by atoms with Crippen molar-refractivity contribution in [2.75, 3.05) is 0 Å². The van der Waals surface area contributed by atoms with Gasteiger partial charge >= 0.3 is 0 Å². The minimum absolute atomic E-state index is 0.563. The third kappa shape index (κ3) is 10.6. The smallest absolute Gasteiger partial charge is 0.164 e. The minimum atomic E-state index is 0.563. The molecule has 10 heteroatoms. The molecule has 0 radical (unpaired) electrons. The van der Waals surface area contributed by atoms with Crippen LogP contribution < -0.4 is 0 Å². The first-order valence-electron chi connectivity index (χ1n) is 37.8. The summed E-state index contributed by atoms with van der Waals surface area (Å²) in [4.78, 5) is 32.1. The summed E-state index contributed by atoms with van der Waals surface area (Å²) in [5.41, 5.74) is 24.7. The molecule has 0 amide bonds. The van der Waals surface area contributed by atoms with Gasteiger partial charge in [0.05, 0.1) is 44.1 Å². The van der Waals surface area contributed by atoms with E-state index in [0.717, 1.165) is 134 Å². The maximum atomic E-state index is 5.45. The number of aromatic nitrogens is 10. The van der Waals surface area contributed by atoms with Crippen molar-refractivity contribution >= 4 is 87.2 Å². The molecule has 0 unspecified atom stereocenters. The fourth-order valence-electron chi connectivity index (χ4n) is 17.0. The average molecular weight is 1430 g/mol. The minimum Gasteiger partial charge on any atom is -0.309 e. The second-order valence-electron chi connectivity index (χ2n) is 28.5. The number of para-hydroxylation sites is 6. The van der Waals surface area contributed by atoms with Gasteiger partial charge < -0.3 is 18.3 Å². The van der Waals surface area contributed by atoms with Gasteiger partial charge in [0.2, 0.25) is 0 Å². The van der Waals surface area contributed by atoms with E-state index < -0.39 is 0 Å². The summed E-state index contributed by atoms with van der Waals surface area (Å²) in [5, 5.41) is 9.58. The highest BCUT2D eigenvalue weighted by molar-refractivity contribution is 6.30. The van der Waals surface area contributed by atoms with E-state index >= 15 is 0 Å². The van der Waals surface area contributed by atoms with Gasteiger partial charge in [-0.15, -0.1) is 0 Å². The maximum Gasteiger partial charge on any atom is 0.164 e. The van der Waals surface area contributed by atoms with Crippen molar-refractivity contribution in [1.82, 2.24) is 48.2 Å². The Morgan fingerprint density at radius 1 is 0.143 bits per heavy atom. The summed E-state index contributed by atoms with van der Waals surface area (Å²) in [6.07, 6.45) is 0. The normalized spacial score (nSPS) is 11.8. The monoisotopic (exact) mass is 1430 g/mol. The number of fused-ring (bicyclic) bond motifs is 14. The van der Waals surface area contributed by atoms with Crippen LogP contribution in [-0.2, 0) is 0 Å². The second-order valence-corrected chi connectivity index (χ2v) is 28.5. The Kier molecular flexibility index (Phi) is 15.0. The van der Waals surface area contributed by atoms with Gasteiger partial charge in [-0.3, -0.25) is 0 Å². The van der Waals surface area contributed by atoms with Crippen molar-refractivity contribution < 1.29 is 0 Å². The second kappa shape index (κ2) is 26.3. The van der Waals surface area contributed by atoms with Crippen LogP contribution in [-0.4, -0.2) is 48.2 Å². The summed E-state index contributed by atoms with van der Waals surface area (Å²) in [5.74, 6) is 3.45. The lowest BCUT2D eigenvalue weighted by molar-refractivity contribution is 1.07. The van der Waals surface area contributed by atoms with Crippen molar-refractivity contribution in [3.63, 3.8) is 0 Å². The molecule has 0 atom stereocenters. The molecule has 22 aromatic rings. The van der Waals surface area contributed by atoms with Gasteiger partial charge in [0.1, 0.15) is 0 Å². The summed E-state index contributed by atoms with van der Waals surface area (Å²) >= 11 is 0. The van der Waals surface area contributed by atoms with Gasteiger partial charge in [-0.1, -0.05) is 285 Å². The van der Waals surface area contributed by atoms with Crippen LogP contribution in [0.5, 0.6) is 0 Å². The Morgan fingerprint density at radius 3 is 0.812 bits per heavy atom. The standard InChI is InChI=1S/C102H64N10/c1-7-27-65(28-8-1)73-61-74(63-78(62-73)112-88-46-26-22-42-83(88)96-92(112)60-58-90-94(96)81-40-20-24-44-86(81)110(90)76-37-17-6-18-38-76)101-105-97(69-29-9-2-10-30-69)103-100(106-101)72-53-49-67(50-54-72)66-47-51-68(52-48-66)79-56-55-77(64-84(79)102-107-98(70-31-11-3-12-32-70)104-99(108-102)71-33-13-4-14-34-71)111-87-45-25-21-41-82(87)95-91(111)59-57-89-93(95)80-39-19-23-43-85(80)109(89)75-35-15-5-16-36-75/h1-64H. The molecule has 10 nitrogen and oxygen atoms in total. The summed E-state index contributed by atoms with van der Waals surface area (Å²) in [6.45, 7) is 0. The van der Waals surface area contributed by atoms with Crippen LogP contribution in [0.4, 0.5) is 0 Å². The van der Waals surface area contributed by atoms with E-state index in [0.29, 0.717) is 34.9 Å². The molecule has 0 saturated heterocycles. The SMILES string of the molecule is c1ccc(-c2cc(-c3nc(-c4ccccc4)nc(-c4ccc(-c5ccc(-c6ccc(-n7c8ccccc8c8c9c%10ccccc%10n(-c%10ccccc%10)c9ccc87)cc6-c6nc(-c7ccccc7)nc(-c7ccccc7)n6)cc5)cc4)n3)cc(-n3c4ccccc4c4c5c6ccccc6n(-c6ccccc6)c5ccc43)c2)cc1. The Labute approximate surface area is 644 Å². The molecule has 0 N–H and O–H groups in total. The van der Waals surface area contributed by atoms with Crippen LogP contribution in [0, 0.1) is 0 Å². The van der Waals surface area contributed by atoms with Crippen molar-refractivity contribution in [2.24, 2.45) is 0 Å². The van der Waals surface area contributed by atoms with Crippen molar-refractivity contribution in [1.29, 1.82) is 0 Å². The van der Waals surface area contributed by atoms with Crippen molar-refractivity contribution in [3.8, 4) is 124 Å². The van der Waals surface area contributed by atoms with Crippen LogP contribution in [0.2, 0.25) is 0 Å². The van der Waals surface area contributed by atoms with Gasteiger partial charge in [0, 0.05) is 99.2 Å². The highest BCUT2D eigenvalue weighted by atomic mass is 15.1. The first kappa shape index (κ1) is 64.0. The zero-order valence-corrected chi connectivity index (χ0v) is 60.4. The summed E-state index contributed by atoms with van der Waals surface area (Å²) in [7, 11) is 0. The first-order chi connectivity index (χ1) is 55.5. The van der Waals surface area contributed by atoms with Gasteiger partial charge in [0.15, 0.2) is 34.9 Å². The third-order valence-electron chi connectivity index (χ3n) is 22.1. The molecular weight excluding hydrogens is 1370 g/mol. The first-order valence-corrected chi connectivity index (χ1v) is 37.8. The van der Waals surface area contributed by atoms with E-state index in [9.17, 15) is 0 Å². The molecule has 0 aliphatic rings. The molecule has 6 heterocycles. The van der Waals surface area contributed by atoms with E-state index in [2.05, 4.69) is 352 Å². The van der Waals surface area contributed by atoms with Crippen LogP contribution in [0.1, 0.15) is 0 Å². The molecule has 0 bridgehead atoms. The van der Waals surface area contributed by atoms with Crippen LogP contribution in [0.15, 0.2) is 388 Å². The predicted molar refractivity (Wildman–Crippen MR) is 459 cm³/mol. The van der Waals surface area contributed by atoms with E-state index in [1.54, 1.807) is 0 Å². The maximum absolute atomic E-state index is 5.45. The molecule has 0 aliphatic heterocycles. The highest BCUT2D eigenvalue weighted by Crippen LogP contribution is 2.47. The lowest BCUT2D eigenvalue weighted by atomic mass is 9.95. The fraction of sp³-hybridized carbons (Fsp3) is 0. The number of nitrogens with zero attached hydrogens (tertiary/aromatic N) is 10. The molecule has 22 rings (SSSR count).